The van der Waals surface area contributed by atoms with Crippen LogP contribution in [0.15, 0.2) is 22.7 Å². The van der Waals surface area contributed by atoms with Gasteiger partial charge in [0.2, 0.25) is 0 Å². The fourth-order valence-corrected chi connectivity index (χ4v) is 2.90. The van der Waals surface area contributed by atoms with Crippen molar-refractivity contribution in [2.75, 3.05) is 13.6 Å². The van der Waals surface area contributed by atoms with E-state index in [0.717, 1.165) is 41.8 Å². The zero-order valence-electron chi connectivity index (χ0n) is 10.4. The molecule has 0 saturated carbocycles. The van der Waals surface area contributed by atoms with Gasteiger partial charge < -0.3 is 10.3 Å². The maximum atomic E-state index is 4.73. The summed E-state index contributed by atoms with van der Waals surface area (Å²) in [5.41, 5.74) is 5.06. The van der Waals surface area contributed by atoms with Crippen LogP contribution >= 0.6 is 15.9 Å². The highest BCUT2D eigenvalue weighted by molar-refractivity contribution is 9.10. The van der Waals surface area contributed by atoms with Crippen LogP contribution in [0, 0.1) is 0 Å². The molecule has 1 aliphatic carbocycles. The second-order valence-corrected chi connectivity index (χ2v) is 5.61. The number of aromatic nitrogens is 2. The van der Waals surface area contributed by atoms with E-state index in [1.807, 2.05) is 7.05 Å². The molecule has 0 bridgehead atoms. The number of aryl methyl sites for hydroxylation is 1. The normalized spacial score (nSPS) is 12.6. The molecule has 1 aromatic heterocycles. The highest BCUT2D eigenvalue weighted by Crippen LogP contribution is 2.36. The molecule has 0 unspecified atom stereocenters. The smallest absolute Gasteiger partial charge is 0.107 e. The second kappa shape index (κ2) is 4.86. The van der Waals surface area contributed by atoms with Gasteiger partial charge in [0.15, 0.2) is 0 Å². The van der Waals surface area contributed by atoms with Crippen LogP contribution < -0.4 is 5.32 Å². The number of hydrogen-bond acceptors (Lipinski definition) is 2. The zero-order valence-corrected chi connectivity index (χ0v) is 12.0. The Hall–Kier alpha value is -1.13. The lowest BCUT2D eigenvalue weighted by molar-refractivity contribution is 0.706. The van der Waals surface area contributed by atoms with Crippen LogP contribution in [0.2, 0.25) is 0 Å². The van der Waals surface area contributed by atoms with E-state index in [-0.39, 0.29) is 0 Å². The van der Waals surface area contributed by atoms with Crippen molar-refractivity contribution in [3.05, 3.63) is 39.8 Å². The average Bonchev–Trinajstić information content (AvgIpc) is 2.85. The van der Waals surface area contributed by atoms with Crippen molar-refractivity contribution in [1.82, 2.24) is 15.3 Å². The largest absolute Gasteiger partial charge is 0.345 e. The first-order valence-corrected chi connectivity index (χ1v) is 7.08. The first kappa shape index (κ1) is 11.9. The summed E-state index contributed by atoms with van der Waals surface area (Å²) in [5.74, 6) is 1.11. The summed E-state index contributed by atoms with van der Waals surface area (Å²) in [6.07, 6.45) is 3.11. The number of imidazole rings is 1. The zero-order chi connectivity index (χ0) is 12.5. The van der Waals surface area contributed by atoms with E-state index in [1.54, 1.807) is 0 Å². The molecular formula is C14H16BrN3. The van der Waals surface area contributed by atoms with Gasteiger partial charge in [-0.3, -0.25) is 0 Å². The van der Waals surface area contributed by atoms with Crippen molar-refractivity contribution in [1.29, 1.82) is 0 Å². The molecule has 0 radical (unpaired) electrons. The van der Waals surface area contributed by atoms with Crippen molar-refractivity contribution < 1.29 is 0 Å². The minimum absolute atomic E-state index is 0.975. The van der Waals surface area contributed by atoms with Gasteiger partial charge in [-0.1, -0.05) is 22.0 Å². The Kier molecular flexibility index (Phi) is 3.22. The molecule has 2 aromatic rings. The summed E-state index contributed by atoms with van der Waals surface area (Å²) in [6.45, 7) is 1.04. The van der Waals surface area contributed by atoms with E-state index in [4.69, 9.17) is 4.98 Å². The molecule has 1 heterocycles. The van der Waals surface area contributed by atoms with Crippen LogP contribution in [-0.2, 0) is 12.8 Å². The molecule has 0 spiro atoms. The highest BCUT2D eigenvalue weighted by atomic mass is 79.9. The number of nitrogens with one attached hydrogen (secondary N) is 2. The first-order chi connectivity index (χ1) is 8.78. The molecule has 4 heteroatoms. The van der Waals surface area contributed by atoms with E-state index in [0.29, 0.717) is 0 Å². The first-order valence-electron chi connectivity index (χ1n) is 6.29. The van der Waals surface area contributed by atoms with E-state index < -0.39 is 0 Å². The molecule has 2 N–H and O–H groups in total. The second-order valence-electron chi connectivity index (χ2n) is 4.70. The fourth-order valence-electron chi connectivity index (χ4n) is 2.50. The van der Waals surface area contributed by atoms with Crippen LogP contribution in [-0.4, -0.2) is 23.6 Å². The quantitative estimate of drug-likeness (QED) is 0.728. The molecule has 0 amide bonds. The number of aromatic amines is 1. The molecule has 1 aliphatic rings. The van der Waals surface area contributed by atoms with Crippen LogP contribution in [0.3, 0.4) is 0 Å². The topological polar surface area (TPSA) is 40.7 Å². The van der Waals surface area contributed by atoms with E-state index in [9.17, 15) is 0 Å². The maximum Gasteiger partial charge on any atom is 0.107 e. The molecule has 1 aromatic carbocycles. The van der Waals surface area contributed by atoms with Crippen molar-refractivity contribution in [2.45, 2.75) is 19.3 Å². The lowest BCUT2D eigenvalue weighted by Gasteiger charge is -2.00. The summed E-state index contributed by atoms with van der Waals surface area (Å²) in [4.78, 5) is 8.20. The Balaban J connectivity index is 1.84. The van der Waals surface area contributed by atoms with Crippen molar-refractivity contribution >= 4 is 15.9 Å². The molecule has 3 rings (SSSR count). The third-order valence-electron chi connectivity index (χ3n) is 3.36. The lowest BCUT2D eigenvalue weighted by Crippen LogP contribution is -2.08. The van der Waals surface area contributed by atoms with Crippen molar-refractivity contribution in [3.8, 4) is 11.3 Å². The molecule has 0 fully saturated rings. The molecular weight excluding hydrogens is 290 g/mol. The lowest BCUT2D eigenvalue weighted by atomic mass is 10.1. The SMILES string of the molecule is CNCCCc1nc2c([nH]1)Cc1cc(Br)ccc1-2. The van der Waals surface area contributed by atoms with Gasteiger partial charge in [-0.05, 0) is 37.7 Å². The van der Waals surface area contributed by atoms with E-state index in [1.165, 1.54) is 16.8 Å². The summed E-state index contributed by atoms with van der Waals surface area (Å²) < 4.78 is 1.14. The van der Waals surface area contributed by atoms with Crippen LogP contribution in [0.4, 0.5) is 0 Å². The number of H-pyrrole nitrogens is 1. The molecule has 0 atom stereocenters. The molecule has 0 saturated heterocycles. The molecule has 0 aliphatic heterocycles. The number of benzene rings is 1. The number of rotatable bonds is 4. The van der Waals surface area contributed by atoms with Crippen molar-refractivity contribution in [3.63, 3.8) is 0 Å². The third kappa shape index (κ3) is 2.10. The van der Waals surface area contributed by atoms with Gasteiger partial charge in [-0.15, -0.1) is 0 Å². The van der Waals surface area contributed by atoms with E-state index >= 15 is 0 Å². The van der Waals surface area contributed by atoms with Crippen molar-refractivity contribution in [2.24, 2.45) is 0 Å². The van der Waals surface area contributed by atoms with Gasteiger partial charge >= 0.3 is 0 Å². The fraction of sp³-hybridized carbons (Fsp3) is 0.357. The van der Waals surface area contributed by atoms with Crippen LogP contribution in [0.5, 0.6) is 0 Å². The summed E-state index contributed by atoms with van der Waals surface area (Å²) in [7, 11) is 1.98. The summed E-state index contributed by atoms with van der Waals surface area (Å²) in [6, 6.07) is 6.43. The highest BCUT2D eigenvalue weighted by Gasteiger charge is 2.22. The Morgan fingerprint density at radius 1 is 1.44 bits per heavy atom. The molecule has 3 nitrogen and oxygen atoms in total. The van der Waals surface area contributed by atoms with Gasteiger partial charge in [0, 0.05) is 28.6 Å². The van der Waals surface area contributed by atoms with Gasteiger partial charge in [0.25, 0.3) is 0 Å². The van der Waals surface area contributed by atoms with Gasteiger partial charge in [0.1, 0.15) is 5.82 Å². The van der Waals surface area contributed by atoms with Crippen LogP contribution in [0.25, 0.3) is 11.3 Å². The number of fused-ring (bicyclic) bond motifs is 3. The summed E-state index contributed by atoms with van der Waals surface area (Å²) in [5, 5.41) is 3.16. The number of hydrogen-bond donors (Lipinski definition) is 2. The third-order valence-corrected chi connectivity index (χ3v) is 3.85. The van der Waals surface area contributed by atoms with E-state index in [2.05, 4.69) is 44.4 Å². The standard InChI is InChI=1S/C14H16BrN3/c1-16-6-2-3-13-17-12-8-9-7-10(15)4-5-11(9)14(12)18-13/h4-5,7,16H,2-3,6,8H2,1H3,(H,17,18). The van der Waals surface area contributed by atoms with Gasteiger partial charge in [-0.2, -0.15) is 0 Å². The maximum absolute atomic E-state index is 4.73. The minimum atomic E-state index is 0.975. The average molecular weight is 306 g/mol. The van der Waals surface area contributed by atoms with Crippen LogP contribution in [0.1, 0.15) is 23.5 Å². The Morgan fingerprint density at radius 2 is 2.33 bits per heavy atom. The van der Waals surface area contributed by atoms with Gasteiger partial charge in [-0.25, -0.2) is 4.98 Å². The molecule has 94 valence electrons. The Morgan fingerprint density at radius 3 is 3.17 bits per heavy atom. The minimum Gasteiger partial charge on any atom is -0.345 e. The molecule has 18 heavy (non-hydrogen) atoms. The van der Waals surface area contributed by atoms with Gasteiger partial charge in [0.05, 0.1) is 5.69 Å². The summed E-state index contributed by atoms with van der Waals surface area (Å²) >= 11 is 3.52. The Bertz CT molecular complexity index is 574. The number of halogens is 1. The number of nitrogens with zero attached hydrogens (tertiary/aromatic N) is 1. The predicted molar refractivity (Wildman–Crippen MR) is 76.8 cm³/mol. The predicted octanol–water partition coefficient (Wildman–Crippen LogP) is 2.90. The Labute approximate surface area is 115 Å². The monoisotopic (exact) mass is 305 g/mol.